The number of carbonyl (C=O) groups excluding carboxylic acids is 1. The SMILES string of the molecule is CC(C)(C)n1ccc(C(=O)N2CC=C[C@@H]2C(=O)O)c1. The third kappa shape index (κ3) is 2.54. The maximum Gasteiger partial charge on any atom is 0.330 e. The van der Waals surface area contributed by atoms with Gasteiger partial charge in [-0.3, -0.25) is 4.79 Å². The van der Waals surface area contributed by atoms with Gasteiger partial charge < -0.3 is 14.6 Å². The number of hydrogen-bond acceptors (Lipinski definition) is 2. The van der Waals surface area contributed by atoms with Crippen LogP contribution in [0, 0.1) is 0 Å². The Kier molecular flexibility index (Phi) is 3.22. The molecule has 102 valence electrons. The number of amides is 1. The minimum atomic E-state index is -1.00. The Labute approximate surface area is 112 Å². The van der Waals surface area contributed by atoms with Gasteiger partial charge in [0.2, 0.25) is 0 Å². The molecule has 0 saturated heterocycles. The second kappa shape index (κ2) is 4.57. The van der Waals surface area contributed by atoms with Crippen molar-refractivity contribution in [1.82, 2.24) is 9.47 Å². The zero-order valence-corrected chi connectivity index (χ0v) is 11.3. The number of carboxylic acid groups (broad SMARTS) is 1. The van der Waals surface area contributed by atoms with Crippen LogP contribution in [-0.2, 0) is 10.3 Å². The molecule has 0 fully saturated rings. The first kappa shape index (κ1) is 13.4. The molecule has 0 bridgehead atoms. The van der Waals surface area contributed by atoms with Gasteiger partial charge in [-0.1, -0.05) is 12.2 Å². The van der Waals surface area contributed by atoms with E-state index in [0.29, 0.717) is 12.1 Å². The van der Waals surface area contributed by atoms with Crippen molar-refractivity contribution in [1.29, 1.82) is 0 Å². The van der Waals surface area contributed by atoms with Crippen molar-refractivity contribution in [3.63, 3.8) is 0 Å². The van der Waals surface area contributed by atoms with Crippen LogP contribution in [0.2, 0.25) is 0 Å². The molecule has 1 aromatic heterocycles. The highest BCUT2D eigenvalue weighted by atomic mass is 16.4. The molecule has 2 heterocycles. The summed E-state index contributed by atoms with van der Waals surface area (Å²) in [5.41, 5.74) is 0.415. The third-order valence-corrected chi connectivity index (χ3v) is 3.18. The molecule has 0 unspecified atom stereocenters. The lowest BCUT2D eigenvalue weighted by Crippen LogP contribution is -2.40. The van der Waals surface area contributed by atoms with E-state index in [-0.39, 0.29) is 11.4 Å². The molecule has 5 nitrogen and oxygen atoms in total. The minimum Gasteiger partial charge on any atom is -0.479 e. The normalized spacial score (nSPS) is 18.9. The predicted octanol–water partition coefficient (Wildman–Crippen LogP) is 1.71. The highest BCUT2D eigenvalue weighted by Gasteiger charge is 2.31. The standard InChI is InChI=1S/C14H18N2O3/c1-14(2,3)15-8-6-10(9-15)12(17)16-7-4-5-11(16)13(18)19/h4-6,8-9,11H,7H2,1-3H3,(H,18,19)/t11-/m1/s1. The van der Waals surface area contributed by atoms with E-state index in [1.165, 1.54) is 4.90 Å². The molecule has 0 saturated carbocycles. The van der Waals surface area contributed by atoms with Gasteiger partial charge in [-0.05, 0) is 26.8 Å². The Morgan fingerprint density at radius 3 is 2.58 bits per heavy atom. The van der Waals surface area contributed by atoms with Gasteiger partial charge in [0, 0.05) is 24.5 Å². The van der Waals surface area contributed by atoms with Gasteiger partial charge in [-0.25, -0.2) is 4.79 Å². The van der Waals surface area contributed by atoms with E-state index >= 15 is 0 Å². The smallest absolute Gasteiger partial charge is 0.330 e. The summed E-state index contributed by atoms with van der Waals surface area (Å²) in [5.74, 6) is -1.25. The average Bonchev–Trinajstić information content (AvgIpc) is 2.96. The van der Waals surface area contributed by atoms with E-state index in [1.54, 1.807) is 24.4 Å². The lowest BCUT2D eigenvalue weighted by molar-refractivity contribution is -0.140. The van der Waals surface area contributed by atoms with Crippen LogP contribution < -0.4 is 0 Å². The Bertz CT molecular complexity index is 537. The van der Waals surface area contributed by atoms with Crippen LogP contribution in [0.15, 0.2) is 30.6 Å². The highest BCUT2D eigenvalue weighted by molar-refractivity contribution is 5.97. The van der Waals surface area contributed by atoms with Crippen molar-refractivity contribution in [2.75, 3.05) is 6.54 Å². The second-order valence-corrected chi connectivity index (χ2v) is 5.65. The molecule has 1 atom stereocenters. The van der Waals surface area contributed by atoms with Crippen molar-refractivity contribution in [2.24, 2.45) is 0 Å². The zero-order valence-electron chi connectivity index (χ0n) is 11.3. The molecular weight excluding hydrogens is 244 g/mol. The maximum absolute atomic E-state index is 12.3. The molecule has 0 radical (unpaired) electrons. The summed E-state index contributed by atoms with van der Waals surface area (Å²) in [7, 11) is 0. The van der Waals surface area contributed by atoms with Crippen molar-refractivity contribution in [3.05, 3.63) is 36.2 Å². The fourth-order valence-electron chi connectivity index (χ4n) is 2.05. The Morgan fingerprint density at radius 2 is 2.05 bits per heavy atom. The number of nitrogens with zero attached hydrogens (tertiary/aromatic N) is 2. The topological polar surface area (TPSA) is 62.5 Å². The number of aromatic nitrogens is 1. The van der Waals surface area contributed by atoms with Crippen LogP contribution in [-0.4, -0.2) is 39.0 Å². The van der Waals surface area contributed by atoms with Gasteiger partial charge in [-0.2, -0.15) is 0 Å². The van der Waals surface area contributed by atoms with E-state index in [2.05, 4.69) is 0 Å². The monoisotopic (exact) mass is 262 g/mol. The highest BCUT2D eigenvalue weighted by Crippen LogP contribution is 2.19. The van der Waals surface area contributed by atoms with E-state index in [1.807, 2.05) is 31.5 Å². The summed E-state index contributed by atoms with van der Waals surface area (Å²) < 4.78 is 1.94. The summed E-state index contributed by atoms with van der Waals surface area (Å²) in [5, 5.41) is 9.06. The van der Waals surface area contributed by atoms with Crippen LogP contribution in [0.4, 0.5) is 0 Å². The van der Waals surface area contributed by atoms with Gasteiger partial charge in [0.05, 0.1) is 5.56 Å². The van der Waals surface area contributed by atoms with E-state index in [4.69, 9.17) is 5.11 Å². The maximum atomic E-state index is 12.3. The molecule has 1 aliphatic rings. The first-order valence-electron chi connectivity index (χ1n) is 6.19. The van der Waals surface area contributed by atoms with Crippen LogP contribution >= 0.6 is 0 Å². The number of carbonyl (C=O) groups is 2. The third-order valence-electron chi connectivity index (χ3n) is 3.18. The molecule has 1 aliphatic heterocycles. The first-order chi connectivity index (χ1) is 8.80. The summed E-state index contributed by atoms with van der Waals surface area (Å²) in [6.45, 7) is 6.46. The average molecular weight is 262 g/mol. The number of rotatable bonds is 2. The number of hydrogen-bond donors (Lipinski definition) is 1. The fraction of sp³-hybridized carbons (Fsp3) is 0.429. The molecule has 19 heavy (non-hydrogen) atoms. The number of carboxylic acids is 1. The van der Waals surface area contributed by atoms with Crippen LogP contribution in [0.1, 0.15) is 31.1 Å². The Morgan fingerprint density at radius 1 is 1.37 bits per heavy atom. The van der Waals surface area contributed by atoms with Crippen molar-refractivity contribution >= 4 is 11.9 Å². The molecule has 2 rings (SSSR count). The van der Waals surface area contributed by atoms with E-state index in [0.717, 1.165) is 0 Å². The second-order valence-electron chi connectivity index (χ2n) is 5.65. The zero-order chi connectivity index (χ0) is 14.2. The van der Waals surface area contributed by atoms with Crippen LogP contribution in [0.5, 0.6) is 0 Å². The number of aliphatic carboxylic acids is 1. The van der Waals surface area contributed by atoms with E-state index < -0.39 is 12.0 Å². The molecule has 1 amide bonds. The van der Waals surface area contributed by atoms with Gasteiger partial charge in [-0.15, -0.1) is 0 Å². The molecule has 0 spiro atoms. The molecule has 0 aliphatic carbocycles. The Hall–Kier alpha value is -2.04. The molecule has 5 heteroatoms. The summed E-state index contributed by atoms with van der Waals surface area (Å²) in [4.78, 5) is 24.7. The van der Waals surface area contributed by atoms with Crippen LogP contribution in [0.3, 0.4) is 0 Å². The fourth-order valence-corrected chi connectivity index (χ4v) is 2.05. The van der Waals surface area contributed by atoms with E-state index in [9.17, 15) is 9.59 Å². The molecular formula is C14H18N2O3. The van der Waals surface area contributed by atoms with Gasteiger partial charge in [0.25, 0.3) is 5.91 Å². The summed E-state index contributed by atoms with van der Waals surface area (Å²) >= 11 is 0. The largest absolute Gasteiger partial charge is 0.479 e. The van der Waals surface area contributed by atoms with Crippen molar-refractivity contribution in [3.8, 4) is 0 Å². The Balaban J connectivity index is 2.21. The summed E-state index contributed by atoms with van der Waals surface area (Å²) in [6.07, 6.45) is 6.85. The predicted molar refractivity (Wildman–Crippen MR) is 71.0 cm³/mol. The van der Waals surface area contributed by atoms with Crippen molar-refractivity contribution in [2.45, 2.75) is 32.4 Å². The minimum absolute atomic E-state index is 0.103. The van der Waals surface area contributed by atoms with Gasteiger partial charge >= 0.3 is 5.97 Å². The van der Waals surface area contributed by atoms with Gasteiger partial charge in [0.15, 0.2) is 0 Å². The van der Waals surface area contributed by atoms with Gasteiger partial charge in [0.1, 0.15) is 6.04 Å². The molecule has 1 aromatic rings. The molecule has 1 N–H and O–H groups in total. The lowest BCUT2D eigenvalue weighted by atomic mass is 10.1. The van der Waals surface area contributed by atoms with Crippen LogP contribution in [0.25, 0.3) is 0 Å². The first-order valence-corrected chi connectivity index (χ1v) is 6.19. The lowest BCUT2D eigenvalue weighted by Gasteiger charge is -2.22. The molecule has 0 aromatic carbocycles. The summed E-state index contributed by atoms with van der Waals surface area (Å²) in [6, 6.07) is 0.871. The quantitative estimate of drug-likeness (QED) is 0.825. The van der Waals surface area contributed by atoms with Crippen molar-refractivity contribution < 1.29 is 14.7 Å².